The number of ether oxygens (including phenoxy) is 1. The number of carbonyl (C=O) groups is 2. The molecule has 0 fully saturated rings. The van der Waals surface area contributed by atoms with E-state index in [1.54, 1.807) is 24.3 Å². The molecule has 0 aliphatic heterocycles. The number of aromatic nitrogens is 1. The average Bonchev–Trinajstić information content (AvgIpc) is 2.60. The molecule has 0 spiro atoms. The summed E-state index contributed by atoms with van der Waals surface area (Å²) in [5.74, 6) is -0.686. The zero-order chi connectivity index (χ0) is 17.1. The van der Waals surface area contributed by atoms with E-state index in [9.17, 15) is 9.59 Å². The van der Waals surface area contributed by atoms with E-state index in [4.69, 9.17) is 4.74 Å². The average molecular weight is 324 g/mol. The Kier molecular flexibility index (Phi) is 4.60. The molecule has 1 heterocycles. The van der Waals surface area contributed by atoms with Gasteiger partial charge in [-0.2, -0.15) is 0 Å². The quantitative estimate of drug-likeness (QED) is 0.880. The summed E-state index contributed by atoms with van der Waals surface area (Å²) in [7, 11) is 1.32. The van der Waals surface area contributed by atoms with Gasteiger partial charge in [0.1, 0.15) is 0 Å². The maximum atomic E-state index is 12.8. The zero-order valence-electron chi connectivity index (χ0n) is 13.9. The largest absolute Gasteiger partial charge is 0.465 e. The summed E-state index contributed by atoms with van der Waals surface area (Å²) in [5, 5.41) is 2.85. The molecule has 0 bridgehead atoms. The number of hydrogen-bond acceptors (Lipinski definition) is 4. The first-order valence-corrected chi connectivity index (χ1v) is 8.08. The van der Waals surface area contributed by atoms with Crippen molar-refractivity contribution >= 4 is 17.6 Å². The second kappa shape index (κ2) is 6.83. The van der Waals surface area contributed by atoms with Crippen LogP contribution in [0.15, 0.2) is 30.3 Å². The van der Waals surface area contributed by atoms with Crippen LogP contribution in [0.25, 0.3) is 0 Å². The molecule has 124 valence electrons. The van der Waals surface area contributed by atoms with Gasteiger partial charge in [-0.25, -0.2) is 4.79 Å². The fraction of sp³-hybridized carbons (Fsp3) is 0.316. The Hall–Kier alpha value is -2.69. The molecular weight excluding hydrogens is 304 g/mol. The van der Waals surface area contributed by atoms with Crippen molar-refractivity contribution in [1.29, 1.82) is 0 Å². The van der Waals surface area contributed by atoms with Crippen LogP contribution in [0.5, 0.6) is 0 Å². The van der Waals surface area contributed by atoms with Crippen molar-refractivity contribution < 1.29 is 14.3 Å². The van der Waals surface area contributed by atoms with E-state index in [-0.39, 0.29) is 5.91 Å². The normalized spacial score (nSPS) is 13.1. The molecule has 1 aliphatic rings. The smallest absolute Gasteiger partial charge is 0.339 e. The van der Waals surface area contributed by atoms with E-state index in [0.717, 1.165) is 42.6 Å². The summed E-state index contributed by atoms with van der Waals surface area (Å²) in [6.07, 6.45) is 3.95. The topological polar surface area (TPSA) is 68.3 Å². The number of para-hydroxylation sites is 1. The first kappa shape index (κ1) is 16.2. The highest BCUT2D eigenvalue weighted by molar-refractivity contribution is 6.08. The standard InChI is InChI=1S/C19H20N2O3/c1-12-11-15(13-7-3-5-9-16(13)20-12)18(22)21-17-10-6-4-8-14(17)19(23)24-2/h4,6,8,10-11H,3,5,7,9H2,1-2H3,(H,21,22). The highest BCUT2D eigenvalue weighted by Crippen LogP contribution is 2.25. The van der Waals surface area contributed by atoms with Gasteiger partial charge in [0.15, 0.2) is 0 Å². The van der Waals surface area contributed by atoms with Crippen LogP contribution >= 0.6 is 0 Å². The van der Waals surface area contributed by atoms with Gasteiger partial charge in [-0.1, -0.05) is 12.1 Å². The summed E-state index contributed by atoms with van der Waals surface area (Å²) in [5.41, 5.74) is 4.33. The molecule has 1 amide bonds. The van der Waals surface area contributed by atoms with Gasteiger partial charge >= 0.3 is 5.97 Å². The van der Waals surface area contributed by atoms with Gasteiger partial charge in [-0.05, 0) is 56.4 Å². The molecule has 2 aromatic rings. The Morgan fingerprint density at radius 2 is 1.88 bits per heavy atom. The summed E-state index contributed by atoms with van der Waals surface area (Å²) in [6, 6.07) is 8.66. The highest BCUT2D eigenvalue weighted by Gasteiger charge is 2.21. The fourth-order valence-electron chi connectivity index (χ4n) is 3.12. The van der Waals surface area contributed by atoms with Gasteiger partial charge < -0.3 is 10.1 Å². The van der Waals surface area contributed by atoms with Crippen molar-refractivity contribution in [2.75, 3.05) is 12.4 Å². The number of pyridine rings is 1. The number of anilines is 1. The van der Waals surface area contributed by atoms with Crippen molar-refractivity contribution in [2.45, 2.75) is 32.6 Å². The molecule has 5 heteroatoms. The minimum Gasteiger partial charge on any atom is -0.465 e. The van der Waals surface area contributed by atoms with Gasteiger partial charge in [0.25, 0.3) is 5.91 Å². The number of fused-ring (bicyclic) bond motifs is 1. The minimum absolute atomic E-state index is 0.213. The molecule has 3 rings (SSSR count). The van der Waals surface area contributed by atoms with Gasteiger partial charge in [0, 0.05) is 17.0 Å². The van der Waals surface area contributed by atoms with E-state index in [0.29, 0.717) is 16.8 Å². The lowest BCUT2D eigenvalue weighted by Gasteiger charge is -2.19. The molecule has 1 aromatic carbocycles. The Balaban J connectivity index is 1.94. The molecule has 0 atom stereocenters. The lowest BCUT2D eigenvalue weighted by Crippen LogP contribution is -2.20. The van der Waals surface area contributed by atoms with Gasteiger partial charge in [-0.15, -0.1) is 0 Å². The number of nitrogens with one attached hydrogen (secondary N) is 1. The predicted molar refractivity (Wildman–Crippen MR) is 91.4 cm³/mol. The molecular formula is C19H20N2O3. The lowest BCUT2D eigenvalue weighted by atomic mass is 9.91. The summed E-state index contributed by atoms with van der Waals surface area (Å²) >= 11 is 0. The van der Waals surface area contributed by atoms with Crippen LogP contribution in [0.3, 0.4) is 0 Å². The summed E-state index contributed by atoms with van der Waals surface area (Å²) in [4.78, 5) is 29.2. The molecule has 1 aromatic heterocycles. The van der Waals surface area contributed by atoms with Crippen LogP contribution in [0, 0.1) is 6.92 Å². The van der Waals surface area contributed by atoms with Crippen molar-refractivity contribution in [3.05, 3.63) is 58.4 Å². The number of benzene rings is 1. The van der Waals surface area contributed by atoms with E-state index < -0.39 is 5.97 Å². The third-order valence-electron chi connectivity index (χ3n) is 4.25. The maximum absolute atomic E-state index is 12.8. The molecule has 0 saturated heterocycles. The Morgan fingerprint density at radius 3 is 2.67 bits per heavy atom. The maximum Gasteiger partial charge on any atom is 0.339 e. The van der Waals surface area contributed by atoms with Gasteiger partial charge in [0.2, 0.25) is 0 Å². The predicted octanol–water partition coefficient (Wildman–Crippen LogP) is 3.31. The fourth-order valence-corrected chi connectivity index (χ4v) is 3.12. The van der Waals surface area contributed by atoms with E-state index in [1.165, 1.54) is 7.11 Å². The minimum atomic E-state index is -0.473. The van der Waals surface area contributed by atoms with E-state index in [2.05, 4.69) is 10.3 Å². The van der Waals surface area contributed by atoms with Crippen LogP contribution in [-0.4, -0.2) is 24.0 Å². The van der Waals surface area contributed by atoms with Crippen molar-refractivity contribution in [2.24, 2.45) is 0 Å². The molecule has 1 N–H and O–H groups in total. The second-order valence-corrected chi connectivity index (χ2v) is 5.93. The van der Waals surface area contributed by atoms with Crippen LogP contribution in [0.4, 0.5) is 5.69 Å². The first-order valence-electron chi connectivity index (χ1n) is 8.08. The number of rotatable bonds is 3. The Morgan fingerprint density at radius 1 is 1.12 bits per heavy atom. The molecule has 0 unspecified atom stereocenters. The number of hydrogen-bond donors (Lipinski definition) is 1. The van der Waals surface area contributed by atoms with Gasteiger partial charge in [-0.3, -0.25) is 9.78 Å². The third-order valence-corrected chi connectivity index (χ3v) is 4.25. The first-order chi connectivity index (χ1) is 11.6. The number of carbonyl (C=O) groups excluding carboxylic acids is 2. The molecule has 1 aliphatic carbocycles. The Labute approximate surface area is 141 Å². The molecule has 0 radical (unpaired) electrons. The van der Waals surface area contributed by atoms with Crippen molar-refractivity contribution in [3.8, 4) is 0 Å². The number of amides is 1. The molecule has 5 nitrogen and oxygen atoms in total. The van der Waals surface area contributed by atoms with E-state index >= 15 is 0 Å². The summed E-state index contributed by atoms with van der Waals surface area (Å²) < 4.78 is 4.77. The number of esters is 1. The zero-order valence-corrected chi connectivity index (χ0v) is 13.9. The van der Waals surface area contributed by atoms with Crippen molar-refractivity contribution in [1.82, 2.24) is 4.98 Å². The second-order valence-electron chi connectivity index (χ2n) is 5.93. The number of nitrogens with zero attached hydrogens (tertiary/aromatic N) is 1. The third kappa shape index (κ3) is 3.15. The highest BCUT2D eigenvalue weighted by atomic mass is 16.5. The van der Waals surface area contributed by atoms with Crippen LogP contribution in [0.2, 0.25) is 0 Å². The van der Waals surface area contributed by atoms with Gasteiger partial charge in [0.05, 0.1) is 18.4 Å². The monoisotopic (exact) mass is 324 g/mol. The summed E-state index contributed by atoms with van der Waals surface area (Å²) in [6.45, 7) is 1.90. The van der Waals surface area contributed by atoms with Crippen LogP contribution in [0.1, 0.15) is 50.5 Å². The molecule has 0 saturated carbocycles. The van der Waals surface area contributed by atoms with Crippen LogP contribution < -0.4 is 5.32 Å². The SMILES string of the molecule is COC(=O)c1ccccc1NC(=O)c1cc(C)nc2c1CCCC2. The van der Waals surface area contributed by atoms with Crippen molar-refractivity contribution in [3.63, 3.8) is 0 Å². The number of methoxy groups -OCH3 is 1. The lowest BCUT2D eigenvalue weighted by molar-refractivity contribution is 0.0602. The Bertz CT molecular complexity index is 799. The molecule has 24 heavy (non-hydrogen) atoms. The number of aryl methyl sites for hydroxylation is 2. The van der Waals surface area contributed by atoms with E-state index in [1.807, 2.05) is 13.0 Å². The van der Waals surface area contributed by atoms with Crippen LogP contribution in [-0.2, 0) is 17.6 Å².